The third-order valence-corrected chi connectivity index (χ3v) is 18.8. The van der Waals surface area contributed by atoms with Gasteiger partial charge in [0, 0.05) is 12.5 Å². The van der Waals surface area contributed by atoms with Gasteiger partial charge in [0.05, 0.1) is 12.2 Å². The summed E-state index contributed by atoms with van der Waals surface area (Å²) in [6, 6.07) is 0. The number of rotatable bonds is 6. The fourth-order valence-electron chi connectivity index (χ4n) is 5.65. The Bertz CT molecular complexity index is 632. The molecule has 1 N–H and O–H groups in total. The summed E-state index contributed by atoms with van der Waals surface area (Å²) in [4.78, 5) is 0. The van der Waals surface area contributed by atoms with Crippen molar-refractivity contribution in [2.24, 2.45) is 29.1 Å². The minimum Gasteiger partial charge on any atom is -0.416 e. The molecule has 2 fully saturated rings. The van der Waals surface area contributed by atoms with Crippen LogP contribution in [0.2, 0.25) is 36.3 Å². The average molecular weight is 485 g/mol. The highest BCUT2D eigenvalue weighted by molar-refractivity contribution is 6.74. The van der Waals surface area contributed by atoms with E-state index < -0.39 is 16.6 Å². The lowest BCUT2D eigenvalue weighted by Crippen LogP contribution is -2.57. The minimum absolute atomic E-state index is 0.0438. The molecule has 0 spiro atoms. The molecule has 32 heavy (non-hydrogen) atoms. The van der Waals surface area contributed by atoms with E-state index in [9.17, 15) is 5.11 Å². The number of hydrogen-bond acceptors (Lipinski definition) is 3. The van der Waals surface area contributed by atoms with E-state index in [2.05, 4.69) is 88.5 Å². The SMILES string of the molecule is CC(C)[C@H]1CC[C@H](O[Si](C)(C)C(C)(C)C)[C@H]2[C@@H]1C[C@@](C)(CO[Si](C)(C)C(C)(C)C)C[C@@H]2O. The van der Waals surface area contributed by atoms with Crippen LogP contribution in [0.15, 0.2) is 0 Å². The highest BCUT2D eigenvalue weighted by Crippen LogP contribution is 2.54. The van der Waals surface area contributed by atoms with Crippen LogP contribution >= 0.6 is 0 Å². The summed E-state index contributed by atoms with van der Waals surface area (Å²) in [5.74, 6) is 2.11. The lowest BCUT2D eigenvalue weighted by Gasteiger charge is -2.56. The first-order valence-electron chi connectivity index (χ1n) is 13.2. The largest absolute Gasteiger partial charge is 0.416 e. The lowest BCUT2D eigenvalue weighted by molar-refractivity contribution is -0.130. The van der Waals surface area contributed by atoms with Gasteiger partial charge in [-0.2, -0.15) is 0 Å². The van der Waals surface area contributed by atoms with E-state index in [-0.39, 0.29) is 33.6 Å². The van der Waals surface area contributed by atoms with Crippen LogP contribution in [0.3, 0.4) is 0 Å². The van der Waals surface area contributed by atoms with Crippen LogP contribution in [0, 0.1) is 29.1 Å². The van der Waals surface area contributed by atoms with Crippen molar-refractivity contribution in [1.29, 1.82) is 0 Å². The number of fused-ring (bicyclic) bond motifs is 1. The van der Waals surface area contributed by atoms with Gasteiger partial charge < -0.3 is 14.0 Å². The maximum atomic E-state index is 11.6. The summed E-state index contributed by atoms with van der Waals surface area (Å²) in [7, 11) is -3.68. The first-order valence-corrected chi connectivity index (χ1v) is 19.0. The zero-order valence-electron chi connectivity index (χ0n) is 23.8. The van der Waals surface area contributed by atoms with Gasteiger partial charge >= 0.3 is 0 Å². The van der Waals surface area contributed by atoms with Gasteiger partial charge in [0.1, 0.15) is 0 Å². The fraction of sp³-hybridized carbons (Fsp3) is 1.00. The summed E-state index contributed by atoms with van der Waals surface area (Å²) < 4.78 is 13.7. The summed E-state index contributed by atoms with van der Waals surface area (Å²) in [6.07, 6.45) is 4.23. The second-order valence-electron chi connectivity index (χ2n) is 15.0. The smallest absolute Gasteiger partial charge is 0.192 e. The molecule has 0 unspecified atom stereocenters. The Morgan fingerprint density at radius 3 is 1.91 bits per heavy atom. The molecule has 0 aromatic rings. The summed E-state index contributed by atoms with van der Waals surface area (Å²) in [5.41, 5.74) is 0.0438. The molecule has 0 aromatic heterocycles. The van der Waals surface area contributed by atoms with Crippen molar-refractivity contribution in [1.82, 2.24) is 0 Å². The van der Waals surface area contributed by atoms with Gasteiger partial charge in [0.25, 0.3) is 0 Å². The number of aliphatic hydroxyl groups excluding tert-OH is 1. The molecule has 0 radical (unpaired) electrons. The Morgan fingerprint density at radius 1 is 0.906 bits per heavy atom. The molecule has 2 aliphatic rings. The van der Waals surface area contributed by atoms with Crippen molar-refractivity contribution in [2.45, 2.75) is 136 Å². The molecule has 0 bridgehead atoms. The molecule has 0 amide bonds. The van der Waals surface area contributed by atoms with Crippen LogP contribution in [0.25, 0.3) is 0 Å². The Kier molecular flexibility index (Phi) is 8.39. The van der Waals surface area contributed by atoms with Crippen LogP contribution in [-0.2, 0) is 8.85 Å². The Balaban J connectivity index is 2.26. The van der Waals surface area contributed by atoms with E-state index in [0.29, 0.717) is 17.8 Å². The standard InChI is InChI=1S/C27H56O3Si2/c1-19(2)20-14-15-23(30-32(12,13)26(6,7)8)24-21(20)16-27(9,17-22(24)28)18-29-31(10,11)25(3,4)5/h19-24,28H,14-18H2,1-13H3/t20-,21-,22+,23+,24+,27-/m1/s1. The van der Waals surface area contributed by atoms with Crippen molar-refractivity contribution in [3.05, 3.63) is 0 Å². The van der Waals surface area contributed by atoms with E-state index in [4.69, 9.17) is 8.85 Å². The van der Waals surface area contributed by atoms with E-state index in [0.717, 1.165) is 25.9 Å². The van der Waals surface area contributed by atoms with Crippen LogP contribution in [0.1, 0.15) is 88.0 Å². The molecule has 0 saturated heterocycles. The molecule has 5 heteroatoms. The van der Waals surface area contributed by atoms with Gasteiger partial charge in [0.2, 0.25) is 0 Å². The third-order valence-electron chi connectivity index (χ3n) is 9.83. The van der Waals surface area contributed by atoms with Crippen LogP contribution in [0.4, 0.5) is 0 Å². The van der Waals surface area contributed by atoms with E-state index >= 15 is 0 Å². The molecular formula is C27H56O3Si2. The second-order valence-corrected chi connectivity index (χ2v) is 24.5. The first-order chi connectivity index (χ1) is 14.2. The zero-order valence-corrected chi connectivity index (χ0v) is 25.8. The quantitative estimate of drug-likeness (QED) is 0.390. The predicted molar refractivity (Wildman–Crippen MR) is 143 cm³/mol. The molecule has 0 heterocycles. The molecule has 6 atom stereocenters. The van der Waals surface area contributed by atoms with Crippen LogP contribution in [-0.4, -0.2) is 40.6 Å². The summed E-state index contributed by atoms with van der Waals surface area (Å²) in [5, 5.41) is 12.0. The molecule has 190 valence electrons. The molecule has 0 aromatic carbocycles. The number of hydrogen-bond donors (Lipinski definition) is 1. The molecule has 3 nitrogen and oxygen atoms in total. The van der Waals surface area contributed by atoms with Crippen molar-refractivity contribution in [2.75, 3.05) is 6.61 Å². The molecule has 2 saturated carbocycles. The summed E-state index contributed by atoms with van der Waals surface area (Å²) in [6.45, 7) is 31.2. The van der Waals surface area contributed by atoms with E-state index in [1.807, 2.05) is 0 Å². The Hall–Kier alpha value is 0.314. The molecule has 0 aliphatic heterocycles. The molecule has 2 aliphatic carbocycles. The highest BCUT2D eigenvalue weighted by atomic mass is 28.4. The highest BCUT2D eigenvalue weighted by Gasteiger charge is 2.54. The third kappa shape index (κ3) is 6.11. The van der Waals surface area contributed by atoms with Crippen LogP contribution in [0.5, 0.6) is 0 Å². The Labute approximate surface area is 202 Å². The van der Waals surface area contributed by atoms with Gasteiger partial charge in [-0.3, -0.25) is 0 Å². The van der Waals surface area contributed by atoms with Crippen molar-refractivity contribution in [3.63, 3.8) is 0 Å². The van der Waals surface area contributed by atoms with E-state index in [1.165, 1.54) is 6.42 Å². The van der Waals surface area contributed by atoms with Gasteiger partial charge in [-0.15, -0.1) is 0 Å². The molecule has 2 rings (SSSR count). The van der Waals surface area contributed by atoms with Crippen LogP contribution < -0.4 is 0 Å². The molecular weight excluding hydrogens is 428 g/mol. The first kappa shape index (κ1) is 28.6. The Morgan fingerprint density at radius 2 is 1.44 bits per heavy atom. The van der Waals surface area contributed by atoms with Gasteiger partial charge in [-0.25, -0.2) is 0 Å². The van der Waals surface area contributed by atoms with Crippen molar-refractivity contribution < 1.29 is 14.0 Å². The minimum atomic E-state index is -1.87. The van der Waals surface area contributed by atoms with Crippen molar-refractivity contribution in [3.8, 4) is 0 Å². The average Bonchev–Trinajstić information content (AvgIpc) is 2.57. The normalized spacial score (nSPS) is 35.2. The zero-order chi connectivity index (χ0) is 24.9. The maximum Gasteiger partial charge on any atom is 0.192 e. The monoisotopic (exact) mass is 484 g/mol. The number of aliphatic hydroxyl groups is 1. The van der Waals surface area contributed by atoms with Crippen molar-refractivity contribution >= 4 is 16.6 Å². The van der Waals surface area contributed by atoms with Gasteiger partial charge in [-0.1, -0.05) is 62.3 Å². The fourth-order valence-corrected chi connectivity index (χ4v) is 8.18. The van der Waals surface area contributed by atoms with E-state index in [1.54, 1.807) is 0 Å². The van der Waals surface area contributed by atoms with Gasteiger partial charge in [0.15, 0.2) is 16.6 Å². The lowest BCUT2D eigenvalue weighted by atomic mass is 9.55. The topological polar surface area (TPSA) is 38.7 Å². The predicted octanol–water partition coefficient (Wildman–Crippen LogP) is 7.86. The second kappa shape index (κ2) is 9.40. The summed E-state index contributed by atoms with van der Waals surface area (Å²) >= 11 is 0. The van der Waals surface area contributed by atoms with Gasteiger partial charge in [-0.05, 0) is 85.1 Å². The maximum absolute atomic E-state index is 11.6.